The van der Waals surface area contributed by atoms with Crippen molar-refractivity contribution in [1.82, 2.24) is 14.6 Å². The lowest BCUT2D eigenvalue weighted by Gasteiger charge is -2.17. The number of nitrogens with zero attached hydrogens (tertiary/aromatic N) is 3. The van der Waals surface area contributed by atoms with E-state index in [1.54, 1.807) is 6.20 Å². The summed E-state index contributed by atoms with van der Waals surface area (Å²) in [6, 6.07) is 19.7. The van der Waals surface area contributed by atoms with Crippen molar-refractivity contribution < 1.29 is 4.79 Å². The first kappa shape index (κ1) is 19.6. The van der Waals surface area contributed by atoms with Gasteiger partial charge < -0.3 is 4.90 Å². The summed E-state index contributed by atoms with van der Waals surface area (Å²) in [5, 5.41) is 1.61. The zero-order valence-corrected chi connectivity index (χ0v) is 18.1. The molecule has 31 heavy (non-hydrogen) atoms. The molecule has 0 saturated carbocycles. The third kappa shape index (κ3) is 3.66. The maximum Gasteiger partial charge on any atom is 0.255 e. The molecule has 5 nitrogen and oxygen atoms in total. The lowest BCUT2D eigenvalue weighted by molar-refractivity contribution is 0.0792. The average molecular weight is 431 g/mol. The van der Waals surface area contributed by atoms with Gasteiger partial charge >= 0.3 is 0 Å². The maximum absolute atomic E-state index is 13.2. The van der Waals surface area contributed by atoms with Gasteiger partial charge in [-0.15, -0.1) is 0 Å². The molecule has 0 radical (unpaired) electrons. The van der Waals surface area contributed by atoms with Crippen LogP contribution in [0.25, 0.3) is 22.2 Å². The molecule has 0 spiro atoms. The number of hydrogen-bond donors (Lipinski definition) is 1. The second-order valence-corrected chi connectivity index (χ2v) is 8.30. The monoisotopic (exact) mass is 430 g/mol. The highest BCUT2D eigenvalue weighted by Crippen LogP contribution is 2.30. The van der Waals surface area contributed by atoms with Crippen molar-refractivity contribution in [3.8, 4) is 11.3 Å². The van der Waals surface area contributed by atoms with Crippen LogP contribution in [0.5, 0.6) is 0 Å². The second kappa shape index (κ2) is 8.08. The van der Waals surface area contributed by atoms with Crippen molar-refractivity contribution in [2.24, 2.45) is 0 Å². The quantitative estimate of drug-likeness (QED) is 0.446. The number of nitrogens with one attached hydrogen (secondary N) is 1. The number of carbonyl (C=O) groups is 1. The van der Waals surface area contributed by atoms with Crippen LogP contribution in [0.2, 0.25) is 5.02 Å². The second-order valence-electron chi connectivity index (χ2n) is 7.86. The van der Waals surface area contributed by atoms with Gasteiger partial charge in [0.1, 0.15) is 0 Å². The van der Waals surface area contributed by atoms with Gasteiger partial charge in [0, 0.05) is 35.3 Å². The minimum Gasteiger partial charge on any atom is -0.339 e. The molecule has 0 unspecified atom stereocenters. The SMILES string of the molecule is Cc1c(C(=O)N2CCCC2)cc(-c2ccccc2)n1Nc1ccnc2cc(Cl)ccc12. The van der Waals surface area contributed by atoms with E-state index in [0.29, 0.717) is 5.02 Å². The molecule has 0 atom stereocenters. The number of halogens is 1. The van der Waals surface area contributed by atoms with Gasteiger partial charge in [-0.1, -0.05) is 41.9 Å². The van der Waals surface area contributed by atoms with Crippen molar-refractivity contribution in [3.63, 3.8) is 0 Å². The van der Waals surface area contributed by atoms with E-state index in [2.05, 4.69) is 22.5 Å². The Morgan fingerprint density at radius 1 is 1.03 bits per heavy atom. The summed E-state index contributed by atoms with van der Waals surface area (Å²) in [7, 11) is 0. The Morgan fingerprint density at radius 3 is 2.58 bits per heavy atom. The molecule has 3 heterocycles. The van der Waals surface area contributed by atoms with E-state index in [1.807, 2.05) is 65.0 Å². The molecule has 1 saturated heterocycles. The number of amides is 1. The van der Waals surface area contributed by atoms with Gasteiger partial charge in [0.15, 0.2) is 0 Å². The van der Waals surface area contributed by atoms with Gasteiger partial charge in [-0.05, 0) is 50.1 Å². The lowest BCUT2D eigenvalue weighted by Crippen LogP contribution is -2.28. The van der Waals surface area contributed by atoms with Gasteiger partial charge in [-0.3, -0.25) is 19.9 Å². The zero-order chi connectivity index (χ0) is 21.4. The number of fused-ring (bicyclic) bond motifs is 1. The van der Waals surface area contributed by atoms with Gasteiger partial charge in [-0.2, -0.15) is 0 Å². The molecule has 2 aromatic carbocycles. The molecular formula is C25H23ClN4O. The van der Waals surface area contributed by atoms with Crippen LogP contribution in [-0.4, -0.2) is 33.6 Å². The largest absolute Gasteiger partial charge is 0.339 e. The first-order valence-electron chi connectivity index (χ1n) is 10.5. The van der Waals surface area contributed by atoms with E-state index < -0.39 is 0 Å². The van der Waals surface area contributed by atoms with E-state index in [-0.39, 0.29) is 5.91 Å². The first-order valence-corrected chi connectivity index (χ1v) is 10.9. The van der Waals surface area contributed by atoms with E-state index in [0.717, 1.165) is 65.0 Å². The molecule has 5 rings (SSSR count). The fourth-order valence-electron chi connectivity index (χ4n) is 4.22. The highest BCUT2D eigenvalue weighted by Gasteiger charge is 2.25. The van der Waals surface area contributed by atoms with Gasteiger partial charge in [0.25, 0.3) is 5.91 Å². The van der Waals surface area contributed by atoms with E-state index in [4.69, 9.17) is 11.6 Å². The Balaban J connectivity index is 1.63. The van der Waals surface area contributed by atoms with Crippen LogP contribution in [0.15, 0.2) is 66.9 Å². The maximum atomic E-state index is 13.2. The van der Waals surface area contributed by atoms with Crippen LogP contribution >= 0.6 is 11.6 Å². The number of hydrogen-bond acceptors (Lipinski definition) is 3. The fourth-order valence-corrected chi connectivity index (χ4v) is 4.38. The highest BCUT2D eigenvalue weighted by atomic mass is 35.5. The van der Waals surface area contributed by atoms with Crippen LogP contribution in [0.4, 0.5) is 5.69 Å². The smallest absolute Gasteiger partial charge is 0.255 e. The summed E-state index contributed by atoms with van der Waals surface area (Å²) < 4.78 is 2.00. The molecule has 0 aliphatic carbocycles. The number of benzene rings is 2. The summed E-state index contributed by atoms with van der Waals surface area (Å²) in [6.07, 6.45) is 3.90. The zero-order valence-electron chi connectivity index (χ0n) is 17.3. The van der Waals surface area contributed by atoms with Crippen LogP contribution in [0, 0.1) is 6.92 Å². The van der Waals surface area contributed by atoms with Crippen molar-refractivity contribution in [2.45, 2.75) is 19.8 Å². The highest BCUT2D eigenvalue weighted by molar-refractivity contribution is 6.31. The summed E-state index contributed by atoms with van der Waals surface area (Å²) in [5.41, 5.74) is 8.85. The summed E-state index contributed by atoms with van der Waals surface area (Å²) >= 11 is 6.15. The average Bonchev–Trinajstić information content (AvgIpc) is 3.43. The van der Waals surface area contributed by atoms with Crippen molar-refractivity contribution in [1.29, 1.82) is 0 Å². The number of anilines is 1. The molecule has 1 N–H and O–H groups in total. The van der Waals surface area contributed by atoms with Crippen molar-refractivity contribution in [3.05, 3.63) is 83.1 Å². The molecule has 1 amide bonds. The normalized spacial score (nSPS) is 13.7. The van der Waals surface area contributed by atoms with E-state index >= 15 is 0 Å². The van der Waals surface area contributed by atoms with Crippen molar-refractivity contribution >= 4 is 34.1 Å². The van der Waals surface area contributed by atoms with E-state index in [1.165, 1.54) is 0 Å². The van der Waals surface area contributed by atoms with Gasteiger partial charge in [0.2, 0.25) is 0 Å². The topological polar surface area (TPSA) is 50.2 Å². The van der Waals surface area contributed by atoms with Crippen LogP contribution in [-0.2, 0) is 0 Å². The predicted molar refractivity (Wildman–Crippen MR) is 126 cm³/mol. The molecule has 1 aliphatic rings. The molecule has 0 bridgehead atoms. The number of pyridine rings is 1. The summed E-state index contributed by atoms with van der Waals surface area (Å²) in [5.74, 6) is 0.0964. The molecular weight excluding hydrogens is 408 g/mol. The molecule has 1 fully saturated rings. The summed E-state index contributed by atoms with van der Waals surface area (Å²) in [6.45, 7) is 3.64. The van der Waals surface area contributed by atoms with Crippen LogP contribution < -0.4 is 5.43 Å². The summed E-state index contributed by atoms with van der Waals surface area (Å²) in [4.78, 5) is 19.6. The Hall–Kier alpha value is -3.31. The molecule has 156 valence electrons. The van der Waals surface area contributed by atoms with E-state index in [9.17, 15) is 4.79 Å². The Morgan fingerprint density at radius 2 is 1.81 bits per heavy atom. The molecule has 1 aliphatic heterocycles. The first-order chi connectivity index (χ1) is 15.1. The number of carbonyl (C=O) groups excluding carboxylic acids is 1. The van der Waals surface area contributed by atoms with Crippen molar-refractivity contribution in [2.75, 3.05) is 18.5 Å². The lowest BCUT2D eigenvalue weighted by atomic mass is 10.1. The molecule has 6 heteroatoms. The Bertz CT molecular complexity index is 1260. The minimum absolute atomic E-state index is 0.0964. The third-order valence-electron chi connectivity index (χ3n) is 5.88. The molecule has 4 aromatic rings. The predicted octanol–water partition coefficient (Wildman–Crippen LogP) is 5.78. The van der Waals surface area contributed by atoms with Crippen LogP contribution in [0.1, 0.15) is 28.9 Å². The Kier molecular flexibility index (Phi) is 5.12. The minimum atomic E-state index is 0.0964. The number of aromatic nitrogens is 2. The Labute approximate surface area is 186 Å². The van der Waals surface area contributed by atoms with Gasteiger partial charge in [0.05, 0.1) is 28.2 Å². The number of rotatable bonds is 4. The third-order valence-corrected chi connectivity index (χ3v) is 6.11. The standard InChI is InChI=1S/C25H23ClN4O/c1-17-21(25(31)29-13-5-6-14-29)16-24(18-7-3-2-4-8-18)30(17)28-22-11-12-27-23-15-19(26)9-10-20(22)23/h2-4,7-12,15-16H,5-6,13-14H2,1H3,(H,27,28). The molecule has 2 aromatic heterocycles. The van der Waals surface area contributed by atoms with Crippen LogP contribution in [0.3, 0.4) is 0 Å². The van der Waals surface area contributed by atoms with Gasteiger partial charge in [-0.25, -0.2) is 0 Å². The number of likely N-dealkylation sites (tertiary alicyclic amines) is 1. The fraction of sp³-hybridized carbons (Fsp3) is 0.200.